The molecule has 0 saturated heterocycles. The zero-order valence-corrected chi connectivity index (χ0v) is 8.01. The summed E-state index contributed by atoms with van der Waals surface area (Å²) in [5.41, 5.74) is 0. The number of aldehydes is 1. The van der Waals surface area contributed by atoms with Crippen LogP contribution in [-0.2, 0) is 4.79 Å². The van der Waals surface area contributed by atoms with Crippen molar-refractivity contribution in [3.8, 4) is 0 Å². The lowest BCUT2D eigenvalue weighted by Gasteiger charge is -2.08. The van der Waals surface area contributed by atoms with Crippen molar-refractivity contribution in [3.63, 3.8) is 0 Å². The Morgan fingerprint density at radius 3 is 2.69 bits per heavy atom. The lowest BCUT2D eigenvalue weighted by Crippen LogP contribution is -2.21. The van der Waals surface area contributed by atoms with Crippen LogP contribution in [0, 0.1) is 0 Å². The van der Waals surface area contributed by atoms with Gasteiger partial charge in [-0.25, -0.2) is 4.99 Å². The van der Waals surface area contributed by atoms with E-state index in [-0.39, 0.29) is 5.03 Å². The zero-order chi connectivity index (χ0) is 9.47. The maximum Gasteiger partial charge on any atom is 0.225 e. The summed E-state index contributed by atoms with van der Waals surface area (Å²) in [6.07, 6.45) is 0.539. The van der Waals surface area contributed by atoms with Crippen LogP contribution < -0.4 is 10.6 Å². The minimum atomic E-state index is -1.40. The van der Waals surface area contributed by atoms with Crippen LogP contribution in [0.3, 0.4) is 0 Å². The highest BCUT2D eigenvalue weighted by atomic mass is 35.5. The van der Waals surface area contributed by atoms with Gasteiger partial charge in [-0.2, -0.15) is 0 Å². The summed E-state index contributed by atoms with van der Waals surface area (Å²) in [5, 5.41) is 1.67. The van der Waals surface area contributed by atoms with Crippen molar-refractivity contribution in [1.82, 2.24) is 0 Å². The highest BCUT2D eigenvalue weighted by molar-refractivity contribution is 6.57. The van der Waals surface area contributed by atoms with Crippen LogP contribution >= 0.6 is 23.2 Å². The van der Waals surface area contributed by atoms with Gasteiger partial charge in [0.25, 0.3) is 0 Å². The molecule has 1 heterocycles. The Kier molecular flexibility index (Phi) is 1.90. The van der Waals surface area contributed by atoms with Crippen LogP contribution in [0.25, 0.3) is 5.03 Å². The zero-order valence-electron chi connectivity index (χ0n) is 6.50. The first kappa shape index (κ1) is 8.73. The number of halogens is 2. The average Bonchev–Trinajstić information content (AvgIpc) is 2.41. The molecule has 1 unspecified atom stereocenters. The molecule has 4 heteroatoms. The third kappa shape index (κ3) is 1.18. The second-order valence-electron chi connectivity index (χ2n) is 2.73. The smallest absolute Gasteiger partial charge is 0.225 e. The van der Waals surface area contributed by atoms with Crippen LogP contribution in [0.4, 0.5) is 0 Å². The first-order chi connectivity index (χ1) is 6.17. The molecule has 13 heavy (non-hydrogen) atoms. The van der Waals surface area contributed by atoms with Gasteiger partial charge in [0.2, 0.25) is 5.00 Å². The van der Waals surface area contributed by atoms with Crippen molar-refractivity contribution < 1.29 is 4.79 Å². The molecule has 2 nitrogen and oxygen atoms in total. The summed E-state index contributed by atoms with van der Waals surface area (Å²) in [6.45, 7) is 0. The maximum absolute atomic E-state index is 10.7. The fraction of sp³-hybridized carbons (Fsp3) is 0.111. The molecule has 1 aromatic rings. The molecule has 0 saturated carbocycles. The van der Waals surface area contributed by atoms with Crippen molar-refractivity contribution in [3.05, 3.63) is 34.8 Å². The summed E-state index contributed by atoms with van der Waals surface area (Å²) in [4.78, 5) is 13.3. The van der Waals surface area contributed by atoms with Gasteiger partial charge < -0.3 is 0 Å². The molecule has 1 atom stereocenters. The summed E-state index contributed by atoms with van der Waals surface area (Å²) in [7, 11) is 0. The molecule has 0 radical (unpaired) electrons. The molecule has 0 N–H and O–H groups in total. The number of nitrogens with zero attached hydrogens (tertiary/aromatic N) is 1. The highest BCUT2D eigenvalue weighted by Crippen LogP contribution is 2.29. The number of rotatable bonds is 1. The third-order valence-electron chi connectivity index (χ3n) is 1.89. The molecule has 2 rings (SSSR count). The van der Waals surface area contributed by atoms with Gasteiger partial charge in [-0.1, -0.05) is 41.4 Å². The van der Waals surface area contributed by atoms with Gasteiger partial charge in [-0.15, -0.1) is 0 Å². The predicted molar refractivity (Wildman–Crippen MR) is 51.1 cm³/mol. The summed E-state index contributed by atoms with van der Waals surface area (Å²) >= 11 is 11.8. The first-order valence-corrected chi connectivity index (χ1v) is 4.43. The van der Waals surface area contributed by atoms with E-state index in [0.717, 1.165) is 5.22 Å². The van der Waals surface area contributed by atoms with E-state index in [2.05, 4.69) is 4.99 Å². The number of hydrogen-bond acceptors (Lipinski definition) is 2. The van der Waals surface area contributed by atoms with E-state index >= 15 is 0 Å². The lowest BCUT2D eigenvalue weighted by atomic mass is 10.2. The van der Waals surface area contributed by atoms with Crippen LogP contribution in [0.15, 0.2) is 29.3 Å². The Balaban J connectivity index is 2.86. The SMILES string of the molecule is O=CC1(Cl)N=c2ccccc2=C1Cl. The van der Waals surface area contributed by atoms with E-state index < -0.39 is 5.00 Å². The van der Waals surface area contributed by atoms with Crippen molar-refractivity contribution in [2.45, 2.75) is 5.00 Å². The molecule has 0 fully saturated rings. The Hall–Kier alpha value is -0.860. The molecule has 1 aliphatic heterocycles. The van der Waals surface area contributed by atoms with E-state index in [0.29, 0.717) is 11.6 Å². The van der Waals surface area contributed by atoms with E-state index in [4.69, 9.17) is 23.2 Å². The summed E-state index contributed by atoms with van der Waals surface area (Å²) < 4.78 is 0. The number of carbonyl (C=O) groups excluding carboxylic acids is 1. The number of hydrogen-bond donors (Lipinski definition) is 0. The minimum absolute atomic E-state index is 0.278. The molecule has 0 amide bonds. The second kappa shape index (κ2) is 2.82. The highest BCUT2D eigenvalue weighted by Gasteiger charge is 2.33. The number of fused-ring (bicyclic) bond motifs is 1. The minimum Gasteiger partial charge on any atom is -0.299 e. The first-order valence-electron chi connectivity index (χ1n) is 3.68. The van der Waals surface area contributed by atoms with E-state index in [9.17, 15) is 4.79 Å². The molecule has 66 valence electrons. The summed E-state index contributed by atoms with van der Waals surface area (Å²) in [5.74, 6) is 0. The van der Waals surface area contributed by atoms with Gasteiger partial charge in [0.05, 0.1) is 10.4 Å². The van der Waals surface area contributed by atoms with Crippen molar-refractivity contribution in [1.29, 1.82) is 0 Å². The monoisotopic (exact) mass is 213 g/mol. The normalized spacial score (nSPS) is 25.2. The topological polar surface area (TPSA) is 29.4 Å². The molecule has 1 aliphatic rings. The predicted octanol–water partition coefficient (Wildman–Crippen LogP) is 0.801. The molecule has 0 bridgehead atoms. The average molecular weight is 214 g/mol. The largest absolute Gasteiger partial charge is 0.299 e. The molecule has 1 aromatic carbocycles. The van der Waals surface area contributed by atoms with Gasteiger partial charge in [0, 0.05) is 5.22 Å². The third-order valence-corrected chi connectivity index (χ3v) is 2.84. The fourth-order valence-corrected chi connectivity index (χ4v) is 1.69. The molecular formula is C9H5Cl2NO. The Labute approximate surface area is 84.5 Å². The number of benzene rings is 1. The molecule has 0 aromatic heterocycles. The van der Waals surface area contributed by atoms with Crippen molar-refractivity contribution in [2.24, 2.45) is 4.99 Å². The molecule has 0 spiro atoms. The number of alkyl halides is 1. The number of para-hydroxylation sites is 1. The van der Waals surface area contributed by atoms with Crippen LogP contribution in [0.2, 0.25) is 0 Å². The van der Waals surface area contributed by atoms with E-state index in [1.165, 1.54) is 0 Å². The van der Waals surface area contributed by atoms with Gasteiger partial charge in [-0.05, 0) is 6.07 Å². The van der Waals surface area contributed by atoms with Crippen molar-refractivity contribution in [2.75, 3.05) is 0 Å². The van der Waals surface area contributed by atoms with Gasteiger partial charge in [-0.3, -0.25) is 4.79 Å². The number of carbonyl (C=O) groups is 1. The van der Waals surface area contributed by atoms with Crippen LogP contribution in [0.1, 0.15) is 0 Å². The van der Waals surface area contributed by atoms with E-state index in [1.54, 1.807) is 12.1 Å². The van der Waals surface area contributed by atoms with E-state index in [1.807, 2.05) is 12.1 Å². The quantitative estimate of drug-likeness (QED) is 0.386. The lowest BCUT2D eigenvalue weighted by molar-refractivity contribution is -0.108. The van der Waals surface area contributed by atoms with Crippen LogP contribution in [0.5, 0.6) is 0 Å². The van der Waals surface area contributed by atoms with Gasteiger partial charge in [0.1, 0.15) is 0 Å². The fourth-order valence-electron chi connectivity index (χ4n) is 1.25. The Morgan fingerprint density at radius 1 is 1.38 bits per heavy atom. The Bertz CT molecular complexity index is 483. The van der Waals surface area contributed by atoms with Crippen molar-refractivity contribution >= 4 is 34.5 Å². The molecule has 0 aliphatic carbocycles. The van der Waals surface area contributed by atoms with Gasteiger partial charge in [0.15, 0.2) is 6.29 Å². The standard InChI is InChI=1S/C9H5Cl2NO/c10-8-6-3-1-2-4-7(6)12-9(8,11)5-13/h1-5H. The second-order valence-corrected chi connectivity index (χ2v) is 3.69. The maximum atomic E-state index is 10.7. The Morgan fingerprint density at radius 2 is 2.08 bits per heavy atom. The van der Waals surface area contributed by atoms with Crippen LogP contribution in [-0.4, -0.2) is 11.3 Å². The molecular weight excluding hydrogens is 209 g/mol. The van der Waals surface area contributed by atoms with Gasteiger partial charge >= 0.3 is 0 Å². The summed E-state index contributed by atoms with van der Waals surface area (Å²) in [6, 6.07) is 7.20.